The fourth-order valence-electron chi connectivity index (χ4n) is 5.03. The van der Waals surface area contributed by atoms with Gasteiger partial charge in [0.05, 0.1) is 18.1 Å². The summed E-state index contributed by atoms with van der Waals surface area (Å²) in [7, 11) is 0. The van der Waals surface area contributed by atoms with Crippen LogP contribution in [-0.2, 0) is 0 Å². The molecule has 4 amide bonds. The van der Waals surface area contributed by atoms with Crippen molar-refractivity contribution in [1.29, 1.82) is 0 Å². The summed E-state index contributed by atoms with van der Waals surface area (Å²) in [6.45, 7) is 7.30. The van der Waals surface area contributed by atoms with Crippen LogP contribution < -0.4 is 10.6 Å². The van der Waals surface area contributed by atoms with Crippen LogP contribution in [0, 0.1) is 6.92 Å². The quantitative estimate of drug-likeness (QED) is 0.835. The van der Waals surface area contributed by atoms with Crippen LogP contribution >= 0.6 is 0 Å². The predicted molar refractivity (Wildman–Crippen MR) is 107 cm³/mol. The van der Waals surface area contributed by atoms with Gasteiger partial charge in [0.25, 0.3) is 0 Å². The summed E-state index contributed by atoms with van der Waals surface area (Å²) in [5.41, 5.74) is 1.09. The number of amides is 4. The molecule has 154 valence electrons. The maximum atomic E-state index is 12.8. The van der Waals surface area contributed by atoms with Crippen LogP contribution in [0.2, 0.25) is 0 Å². The molecule has 1 saturated carbocycles. The first-order valence-electron chi connectivity index (χ1n) is 10.6. The third-order valence-corrected chi connectivity index (χ3v) is 6.40. The monoisotopic (exact) mass is 388 g/mol. The van der Waals surface area contributed by atoms with E-state index in [0.717, 1.165) is 25.0 Å². The van der Waals surface area contributed by atoms with Gasteiger partial charge in [-0.15, -0.1) is 0 Å². The molecule has 1 aliphatic carbocycles. The molecule has 3 heterocycles. The molecule has 8 nitrogen and oxygen atoms in total. The number of carbonyl (C=O) groups excluding carboxylic acids is 2. The molecule has 28 heavy (non-hydrogen) atoms. The smallest absolute Gasteiger partial charge is 0.323 e. The molecular formula is C20H32N6O2. The van der Waals surface area contributed by atoms with Crippen LogP contribution in [0.4, 0.5) is 15.4 Å². The van der Waals surface area contributed by atoms with Gasteiger partial charge in [-0.2, -0.15) is 5.10 Å². The average Bonchev–Trinajstić information content (AvgIpc) is 3.20. The molecule has 2 atom stereocenters. The second-order valence-electron chi connectivity index (χ2n) is 8.70. The molecule has 1 aromatic heterocycles. The minimum absolute atomic E-state index is 0.00377. The molecule has 4 rings (SSSR count). The van der Waals surface area contributed by atoms with E-state index >= 15 is 0 Å². The lowest BCUT2D eigenvalue weighted by Crippen LogP contribution is -2.54. The van der Waals surface area contributed by atoms with Gasteiger partial charge in [0, 0.05) is 30.9 Å². The summed E-state index contributed by atoms with van der Waals surface area (Å²) in [5, 5.41) is 10.7. The van der Waals surface area contributed by atoms with E-state index in [-0.39, 0.29) is 30.2 Å². The molecule has 3 aliphatic rings. The highest BCUT2D eigenvalue weighted by Gasteiger charge is 2.44. The Morgan fingerprint density at radius 3 is 2.71 bits per heavy atom. The zero-order valence-electron chi connectivity index (χ0n) is 17.1. The van der Waals surface area contributed by atoms with Gasteiger partial charge in [-0.05, 0) is 40.0 Å². The Labute approximate surface area is 166 Å². The van der Waals surface area contributed by atoms with Crippen molar-refractivity contribution in [2.75, 3.05) is 18.4 Å². The zero-order valence-corrected chi connectivity index (χ0v) is 17.1. The number of anilines is 1. The predicted octanol–water partition coefficient (Wildman–Crippen LogP) is 3.11. The van der Waals surface area contributed by atoms with Crippen molar-refractivity contribution in [2.45, 2.75) is 83.5 Å². The highest BCUT2D eigenvalue weighted by molar-refractivity contribution is 5.88. The second kappa shape index (κ2) is 7.64. The largest absolute Gasteiger partial charge is 0.331 e. The lowest BCUT2D eigenvalue weighted by molar-refractivity contribution is 0.138. The molecule has 3 fully saturated rings. The van der Waals surface area contributed by atoms with Crippen molar-refractivity contribution < 1.29 is 9.59 Å². The number of carbonyl (C=O) groups is 2. The van der Waals surface area contributed by atoms with Crippen LogP contribution in [0.1, 0.15) is 64.1 Å². The molecule has 0 spiro atoms. The van der Waals surface area contributed by atoms with Crippen molar-refractivity contribution in [3.8, 4) is 0 Å². The SMILES string of the molecule is Cc1cc(NC(=O)N2CC[C@H]3[C@@H](C2)NC(=O)N3C(C)C)nn1C1CCCCC1. The van der Waals surface area contributed by atoms with Crippen molar-refractivity contribution in [3.63, 3.8) is 0 Å². The summed E-state index contributed by atoms with van der Waals surface area (Å²) in [6, 6.07) is 2.59. The molecule has 0 radical (unpaired) electrons. The van der Waals surface area contributed by atoms with E-state index in [2.05, 4.69) is 27.3 Å². The summed E-state index contributed by atoms with van der Waals surface area (Å²) in [4.78, 5) is 28.7. The number of aryl methyl sites for hydroxylation is 1. The van der Waals surface area contributed by atoms with E-state index in [4.69, 9.17) is 0 Å². The topological polar surface area (TPSA) is 82.5 Å². The number of fused-ring (bicyclic) bond motifs is 1. The van der Waals surface area contributed by atoms with Gasteiger partial charge in [-0.1, -0.05) is 19.3 Å². The van der Waals surface area contributed by atoms with Gasteiger partial charge in [0.15, 0.2) is 5.82 Å². The zero-order chi connectivity index (χ0) is 19.8. The highest BCUT2D eigenvalue weighted by atomic mass is 16.2. The van der Waals surface area contributed by atoms with Crippen molar-refractivity contribution in [2.24, 2.45) is 0 Å². The Bertz CT molecular complexity index is 739. The number of rotatable bonds is 3. The Morgan fingerprint density at radius 1 is 1.25 bits per heavy atom. The maximum Gasteiger partial charge on any atom is 0.323 e. The third-order valence-electron chi connectivity index (χ3n) is 6.40. The molecule has 0 unspecified atom stereocenters. The maximum absolute atomic E-state index is 12.8. The number of nitrogens with one attached hydrogen (secondary N) is 2. The summed E-state index contributed by atoms with van der Waals surface area (Å²) >= 11 is 0. The lowest BCUT2D eigenvalue weighted by Gasteiger charge is -2.37. The summed E-state index contributed by atoms with van der Waals surface area (Å²) < 4.78 is 2.08. The van der Waals surface area contributed by atoms with E-state index in [0.29, 0.717) is 24.9 Å². The molecule has 8 heteroatoms. The number of piperidine rings is 1. The van der Waals surface area contributed by atoms with E-state index in [1.54, 1.807) is 4.90 Å². The Hall–Kier alpha value is -2.25. The number of hydrogen-bond donors (Lipinski definition) is 2. The second-order valence-corrected chi connectivity index (χ2v) is 8.70. The Balaban J connectivity index is 1.38. The van der Waals surface area contributed by atoms with Crippen LogP contribution in [0.25, 0.3) is 0 Å². The minimum Gasteiger partial charge on any atom is -0.331 e. The van der Waals surface area contributed by atoms with Gasteiger partial charge < -0.3 is 15.1 Å². The molecule has 2 N–H and O–H groups in total. The number of aromatic nitrogens is 2. The van der Waals surface area contributed by atoms with Gasteiger partial charge >= 0.3 is 12.1 Å². The number of hydrogen-bond acceptors (Lipinski definition) is 3. The number of likely N-dealkylation sites (tertiary alicyclic amines) is 1. The van der Waals surface area contributed by atoms with Gasteiger partial charge in [0.2, 0.25) is 0 Å². The molecule has 2 saturated heterocycles. The Kier molecular flexibility index (Phi) is 5.21. The first-order chi connectivity index (χ1) is 13.4. The van der Waals surface area contributed by atoms with Crippen LogP contribution in [0.3, 0.4) is 0 Å². The first-order valence-corrected chi connectivity index (χ1v) is 10.6. The van der Waals surface area contributed by atoms with Gasteiger partial charge in [-0.25, -0.2) is 9.59 Å². The molecule has 2 aliphatic heterocycles. The number of nitrogens with zero attached hydrogens (tertiary/aromatic N) is 4. The van der Waals surface area contributed by atoms with Gasteiger partial charge in [-0.3, -0.25) is 10.00 Å². The summed E-state index contributed by atoms with van der Waals surface area (Å²) in [6.07, 6.45) is 6.93. The molecule has 0 bridgehead atoms. The highest BCUT2D eigenvalue weighted by Crippen LogP contribution is 2.30. The average molecular weight is 389 g/mol. The Morgan fingerprint density at radius 2 is 2.00 bits per heavy atom. The third kappa shape index (κ3) is 3.56. The van der Waals surface area contributed by atoms with Crippen molar-refractivity contribution in [3.05, 3.63) is 11.8 Å². The van der Waals surface area contributed by atoms with E-state index in [9.17, 15) is 9.59 Å². The fourth-order valence-corrected chi connectivity index (χ4v) is 5.03. The van der Waals surface area contributed by atoms with Crippen molar-refractivity contribution in [1.82, 2.24) is 24.9 Å². The standard InChI is InChI=1S/C20H32N6O2/c1-13(2)25-17-9-10-24(12-16(17)21-20(25)28)19(27)22-18-11-14(3)26(23-18)15-7-5-4-6-8-15/h11,13,15-17H,4-10,12H2,1-3H3,(H,21,28)(H,22,23,27)/t16-,17+/m1/s1. The number of urea groups is 2. The summed E-state index contributed by atoms with van der Waals surface area (Å²) in [5.74, 6) is 0.620. The van der Waals surface area contributed by atoms with E-state index in [1.807, 2.05) is 24.8 Å². The van der Waals surface area contributed by atoms with Crippen LogP contribution in [0.5, 0.6) is 0 Å². The van der Waals surface area contributed by atoms with Gasteiger partial charge in [0.1, 0.15) is 0 Å². The van der Waals surface area contributed by atoms with Crippen LogP contribution in [0.15, 0.2) is 6.07 Å². The lowest BCUT2D eigenvalue weighted by atomic mass is 9.95. The fraction of sp³-hybridized carbons (Fsp3) is 0.750. The molecule has 0 aromatic carbocycles. The minimum atomic E-state index is -0.135. The van der Waals surface area contributed by atoms with E-state index in [1.165, 1.54) is 19.3 Å². The molecular weight excluding hydrogens is 356 g/mol. The normalized spacial score (nSPS) is 25.8. The molecule has 1 aromatic rings. The van der Waals surface area contributed by atoms with Crippen LogP contribution in [-0.4, -0.2) is 62.9 Å². The van der Waals surface area contributed by atoms with Crippen molar-refractivity contribution >= 4 is 17.9 Å². The first kappa shape index (κ1) is 19.1. The van der Waals surface area contributed by atoms with E-state index < -0.39 is 0 Å².